The summed E-state index contributed by atoms with van der Waals surface area (Å²) in [4.78, 5) is 3.71. The van der Waals surface area contributed by atoms with Crippen molar-refractivity contribution in [3.63, 3.8) is 0 Å². The molecule has 11 heavy (non-hydrogen) atoms. The van der Waals surface area contributed by atoms with Crippen LogP contribution in [0.25, 0.3) is 0 Å². The van der Waals surface area contributed by atoms with E-state index in [2.05, 4.69) is 4.98 Å². The van der Waals surface area contributed by atoms with E-state index in [1.54, 1.807) is 6.92 Å². The van der Waals surface area contributed by atoms with Crippen LogP contribution in [0.5, 0.6) is 0 Å². The Morgan fingerprint density at radius 3 is 2.55 bits per heavy atom. The quantitative estimate of drug-likeness (QED) is 0.572. The highest BCUT2D eigenvalue weighted by Gasteiger charge is 2.15. The van der Waals surface area contributed by atoms with Crippen molar-refractivity contribution < 1.29 is 10.0 Å². The lowest BCUT2D eigenvalue weighted by atomic mass is 9.79. The minimum Gasteiger partial charge on any atom is -0.423 e. The molecule has 58 valence electrons. The van der Waals surface area contributed by atoms with Gasteiger partial charge < -0.3 is 10.0 Å². The van der Waals surface area contributed by atoms with Crippen molar-refractivity contribution in [3.8, 4) is 0 Å². The van der Waals surface area contributed by atoms with Gasteiger partial charge in [-0.2, -0.15) is 0 Å². The monoisotopic (exact) mass is 171 g/mol. The zero-order valence-corrected chi connectivity index (χ0v) is 6.71. The molecule has 0 atom stereocenters. The lowest BCUT2D eigenvalue weighted by molar-refractivity contribution is 0.425. The summed E-state index contributed by atoms with van der Waals surface area (Å²) in [5.41, 5.74) is 0.995. The number of halogens is 1. The van der Waals surface area contributed by atoms with Crippen LogP contribution in [-0.4, -0.2) is 22.2 Å². The van der Waals surface area contributed by atoms with Crippen molar-refractivity contribution in [1.82, 2.24) is 4.98 Å². The third kappa shape index (κ3) is 1.71. The summed E-state index contributed by atoms with van der Waals surface area (Å²) in [6.07, 6.45) is 2.84. The maximum Gasteiger partial charge on any atom is 0.490 e. The van der Waals surface area contributed by atoms with E-state index in [0.29, 0.717) is 16.0 Å². The van der Waals surface area contributed by atoms with Gasteiger partial charge in [0.05, 0.1) is 5.02 Å². The predicted octanol–water partition coefficient (Wildman–Crippen LogP) is -0.277. The fraction of sp³-hybridized carbons (Fsp3) is 0.167. The molecule has 2 N–H and O–H groups in total. The molecule has 1 aromatic heterocycles. The molecule has 1 heterocycles. The molecule has 0 amide bonds. The van der Waals surface area contributed by atoms with E-state index in [1.807, 2.05) is 0 Å². The van der Waals surface area contributed by atoms with Gasteiger partial charge in [-0.3, -0.25) is 4.98 Å². The summed E-state index contributed by atoms with van der Waals surface area (Å²) < 4.78 is 0. The fourth-order valence-corrected chi connectivity index (χ4v) is 0.940. The van der Waals surface area contributed by atoms with Gasteiger partial charge in [0.2, 0.25) is 0 Å². The number of nitrogens with zero attached hydrogens (tertiary/aromatic N) is 1. The van der Waals surface area contributed by atoms with Crippen molar-refractivity contribution in [2.24, 2.45) is 0 Å². The van der Waals surface area contributed by atoms with Crippen molar-refractivity contribution in [2.75, 3.05) is 0 Å². The second kappa shape index (κ2) is 3.22. The lowest BCUT2D eigenvalue weighted by Crippen LogP contribution is -2.32. The molecule has 0 unspecified atom stereocenters. The van der Waals surface area contributed by atoms with Crippen LogP contribution in [0.3, 0.4) is 0 Å². The van der Waals surface area contributed by atoms with Gasteiger partial charge in [0.1, 0.15) is 0 Å². The Morgan fingerprint density at radius 2 is 2.09 bits per heavy atom. The first-order valence-electron chi connectivity index (χ1n) is 3.09. The van der Waals surface area contributed by atoms with Crippen LogP contribution >= 0.6 is 11.6 Å². The molecule has 0 aliphatic carbocycles. The Balaban J connectivity index is 3.17. The SMILES string of the molecule is Cc1c(Cl)cncc1B(O)O. The van der Waals surface area contributed by atoms with Crippen molar-refractivity contribution >= 4 is 24.2 Å². The molecule has 0 spiro atoms. The summed E-state index contributed by atoms with van der Waals surface area (Å²) in [5.74, 6) is 0. The van der Waals surface area contributed by atoms with E-state index in [9.17, 15) is 0 Å². The molecule has 0 saturated carbocycles. The van der Waals surface area contributed by atoms with Gasteiger partial charge in [-0.25, -0.2) is 0 Å². The Morgan fingerprint density at radius 1 is 1.45 bits per heavy atom. The first-order chi connectivity index (χ1) is 5.13. The number of pyridine rings is 1. The molecule has 0 aliphatic rings. The largest absolute Gasteiger partial charge is 0.490 e. The maximum absolute atomic E-state index is 8.79. The van der Waals surface area contributed by atoms with Gasteiger partial charge in [-0.05, 0) is 12.5 Å². The standard InChI is InChI=1S/C6H7BClNO2/c1-4-5(7(10)11)2-9-3-6(4)8/h2-3,10-11H,1H3. The summed E-state index contributed by atoms with van der Waals surface area (Å²) in [5, 5.41) is 18.0. The van der Waals surface area contributed by atoms with Crippen molar-refractivity contribution in [3.05, 3.63) is 23.0 Å². The summed E-state index contributed by atoms with van der Waals surface area (Å²) in [6.45, 7) is 1.71. The molecule has 3 nitrogen and oxygen atoms in total. The van der Waals surface area contributed by atoms with Gasteiger partial charge >= 0.3 is 7.12 Å². The van der Waals surface area contributed by atoms with Crippen LogP contribution in [0, 0.1) is 6.92 Å². The van der Waals surface area contributed by atoms with Crippen LogP contribution in [0.4, 0.5) is 0 Å². The minimum atomic E-state index is -1.50. The van der Waals surface area contributed by atoms with Crippen LogP contribution in [0.15, 0.2) is 12.4 Å². The molecule has 0 aliphatic heterocycles. The van der Waals surface area contributed by atoms with E-state index < -0.39 is 7.12 Å². The molecule has 0 bridgehead atoms. The molecule has 1 rings (SSSR count). The van der Waals surface area contributed by atoms with Gasteiger partial charge in [0, 0.05) is 17.9 Å². The zero-order chi connectivity index (χ0) is 8.43. The minimum absolute atomic E-state index is 0.345. The van der Waals surface area contributed by atoms with Crippen LogP contribution in [0.1, 0.15) is 5.56 Å². The third-order valence-corrected chi connectivity index (χ3v) is 1.85. The normalized spacial score (nSPS) is 9.82. The van der Waals surface area contributed by atoms with E-state index in [0.717, 1.165) is 0 Å². The van der Waals surface area contributed by atoms with Gasteiger partial charge in [-0.15, -0.1) is 0 Å². The Kier molecular flexibility index (Phi) is 2.49. The molecular weight excluding hydrogens is 164 g/mol. The van der Waals surface area contributed by atoms with E-state index in [4.69, 9.17) is 21.6 Å². The Labute approximate surface area is 69.8 Å². The summed E-state index contributed by atoms with van der Waals surface area (Å²) in [7, 11) is -1.50. The number of hydrogen-bond acceptors (Lipinski definition) is 3. The third-order valence-electron chi connectivity index (χ3n) is 1.47. The zero-order valence-electron chi connectivity index (χ0n) is 5.95. The van der Waals surface area contributed by atoms with Crippen molar-refractivity contribution in [2.45, 2.75) is 6.92 Å². The first kappa shape index (κ1) is 8.52. The maximum atomic E-state index is 8.79. The molecule has 5 heteroatoms. The highest BCUT2D eigenvalue weighted by Crippen LogP contribution is 2.09. The Bertz CT molecular complexity index is 267. The number of aromatic nitrogens is 1. The molecule has 0 radical (unpaired) electrons. The first-order valence-corrected chi connectivity index (χ1v) is 3.47. The molecule has 0 aromatic carbocycles. The smallest absolute Gasteiger partial charge is 0.423 e. The molecule has 0 saturated heterocycles. The summed E-state index contributed by atoms with van der Waals surface area (Å²) >= 11 is 5.67. The van der Waals surface area contributed by atoms with Crippen LogP contribution in [-0.2, 0) is 0 Å². The van der Waals surface area contributed by atoms with Gasteiger partial charge in [-0.1, -0.05) is 11.6 Å². The number of hydrogen-bond donors (Lipinski definition) is 2. The Hall–Kier alpha value is -0.575. The van der Waals surface area contributed by atoms with Crippen LogP contribution < -0.4 is 5.46 Å². The average molecular weight is 171 g/mol. The van der Waals surface area contributed by atoms with E-state index >= 15 is 0 Å². The topological polar surface area (TPSA) is 53.4 Å². The summed E-state index contributed by atoms with van der Waals surface area (Å²) in [6, 6.07) is 0. The van der Waals surface area contributed by atoms with E-state index in [1.165, 1.54) is 12.4 Å². The van der Waals surface area contributed by atoms with Crippen LogP contribution in [0.2, 0.25) is 5.02 Å². The predicted molar refractivity (Wildman–Crippen MR) is 43.8 cm³/mol. The van der Waals surface area contributed by atoms with Gasteiger partial charge in [0.25, 0.3) is 0 Å². The van der Waals surface area contributed by atoms with E-state index in [-0.39, 0.29) is 0 Å². The second-order valence-corrected chi connectivity index (χ2v) is 2.62. The number of rotatable bonds is 1. The highest BCUT2D eigenvalue weighted by molar-refractivity contribution is 6.59. The van der Waals surface area contributed by atoms with Gasteiger partial charge in [0.15, 0.2) is 0 Å². The molecule has 0 fully saturated rings. The van der Waals surface area contributed by atoms with Crippen molar-refractivity contribution in [1.29, 1.82) is 0 Å². The average Bonchev–Trinajstić information content (AvgIpc) is 1.94. The second-order valence-electron chi connectivity index (χ2n) is 2.21. The molecule has 1 aromatic rings. The lowest BCUT2D eigenvalue weighted by Gasteiger charge is -2.03. The molecular formula is C6H7BClNO2. The highest BCUT2D eigenvalue weighted by atomic mass is 35.5. The fourth-order valence-electron chi connectivity index (χ4n) is 0.775.